The van der Waals surface area contributed by atoms with E-state index in [-0.39, 0.29) is 0 Å². The van der Waals surface area contributed by atoms with Crippen LogP contribution in [0.15, 0.2) is 0 Å². The average molecular weight is 189 g/mol. The van der Waals surface area contributed by atoms with E-state index in [1.165, 1.54) is 0 Å². The van der Waals surface area contributed by atoms with Gasteiger partial charge in [0.1, 0.15) is 0 Å². The van der Waals surface area contributed by atoms with Crippen LogP contribution in [0.4, 0.5) is 9.18 Å². The van der Waals surface area contributed by atoms with E-state index >= 15 is 0 Å². The minimum Gasteiger partial charge on any atom is -0.465 e. The molecule has 13 heavy (non-hydrogen) atoms. The molecule has 1 heterocycles. The lowest BCUT2D eigenvalue weighted by atomic mass is 9.83. The zero-order chi connectivity index (χ0) is 10.3. The third-order valence-corrected chi connectivity index (χ3v) is 2.70. The van der Waals surface area contributed by atoms with Crippen molar-refractivity contribution in [3.8, 4) is 0 Å². The van der Waals surface area contributed by atoms with E-state index in [4.69, 9.17) is 5.11 Å². The van der Waals surface area contributed by atoms with Gasteiger partial charge in [0, 0.05) is 18.4 Å². The van der Waals surface area contributed by atoms with Crippen molar-refractivity contribution >= 4 is 6.09 Å². The molecule has 1 rings (SSSR count). The second-order valence-corrected chi connectivity index (χ2v) is 4.55. The van der Waals surface area contributed by atoms with Crippen molar-refractivity contribution in [2.45, 2.75) is 39.4 Å². The highest BCUT2D eigenvalue weighted by Crippen LogP contribution is 2.44. The molecule has 76 valence electrons. The zero-order valence-electron chi connectivity index (χ0n) is 8.30. The number of carbonyl (C=O) groups is 1. The predicted octanol–water partition coefficient (Wildman–Crippen LogP) is 2.47. The van der Waals surface area contributed by atoms with Gasteiger partial charge in [-0.05, 0) is 6.42 Å². The molecule has 3 nitrogen and oxygen atoms in total. The van der Waals surface area contributed by atoms with Crippen LogP contribution in [0.2, 0.25) is 0 Å². The highest BCUT2D eigenvalue weighted by molar-refractivity contribution is 5.66. The molecule has 4 heteroatoms. The van der Waals surface area contributed by atoms with E-state index in [2.05, 4.69) is 0 Å². The van der Waals surface area contributed by atoms with Crippen molar-refractivity contribution in [3.05, 3.63) is 0 Å². The number of carboxylic acid groups (broad SMARTS) is 1. The van der Waals surface area contributed by atoms with Crippen molar-refractivity contribution in [3.63, 3.8) is 0 Å². The molecule has 1 saturated heterocycles. The SMILES string of the molecule is CC(C)(C)C1(F)CCCN1C(=O)O. The fourth-order valence-electron chi connectivity index (χ4n) is 1.81. The molecule has 0 spiro atoms. The second kappa shape index (κ2) is 2.86. The van der Waals surface area contributed by atoms with Crippen LogP contribution in [0.5, 0.6) is 0 Å². The maximum Gasteiger partial charge on any atom is 0.409 e. The van der Waals surface area contributed by atoms with Gasteiger partial charge in [0.05, 0.1) is 0 Å². The molecular weight excluding hydrogens is 173 g/mol. The zero-order valence-corrected chi connectivity index (χ0v) is 8.30. The van der Waals surface area contributed by atoms with Crippen LogP contribution in [0, 0.1) is 5.41 Å². The predicted molar refractivity (Wildman–Crippen MR) is 47.3 cm³/mol. The summed E-state index contributed by atoms with van der Waals surface area (Å²) in [6.07, 6.45) is -0.238. The maximum atomic E-state index is 14.3. The number of hydrogen-bond acceptors (Lipinski definition) is 1. The first-order chi connectivity index (χ1) is 5.79. The standard InChI is InChI=1S/C9H16FNO2/c1-8(2,3)9(10)5-4-6-11(9)7(12)13/h4-6H2,1-3H3,(H,12,13). The summed E-state index contributed by atoms with van der Waals surface area (Å²) in [7, 11) is 0. The Balaban J connectivity index is 2.95. The molecule has 0 saturated carbocycles. The Hall–Kier alpha value is -0.800. The molecule has 0 aliphatic carbocycles. The van der Waals surface area contributed by atoms with Crippen LogP contribution in [-0.2, 0) is 0 Å². The number of hydrogen-bond donors (Lipinski definition) is 1. The Morgan fingerprint density at radius 2 is 2.08 bits per heavy atom. The summed E-state index contributed by atoms with van der Waals surface area (Å²) < 4.78 is 14.3. The molecule has 1 unspecified atom stereocenters. The molecule has 0 aromatic heterocycles. The van der Waals surface area contributed by atoms with Crippen LogP contribution in [-0.4, -0.2) is 28.4 Å². The minimum atomic E-state index is -1.70. The lowest BCUT2D eigenvalue weighted by Crippen LogP contribution is -2.51. The highest BCUT2D eigenvalue weighted by Gasteiger charge is 2.52. The normalized spacial score (nSPS) is 29.4. The van der Waals surface area contributed by atoms with E-state index in [1.54, 1.807) is 20.8 Å². The second-order valence-electron chi connectivity index (χ2n) is 4.55. The van der Waals surface area contributed by atoms with E-state index in [0.717, 1.165) is 4.90 Å². The molecule has 1 aliphatic heterocycles. The van der Waals surface area contributed by atoms with Gasteiger partial charge >= 0.3 is 6.09 Å². The molecule has 0 bridgehead atoms. The molecule has 1 atom stereocenters. The number of likely N-dealkylation sites (tertiary alicyclic amines) is 1. The Kier molecular flexibility index (Phi) is 2.26. The van der Waals surface area contributed by atoms with E-state index in [0.29, 0.717) is 19.4 Å². The average Bonchev–Trinajstić information content (AvgIpc) is 2.30. The van der Waals surface area contributed by atoms with E-state index < -0.39 is 17.3 Å². The smallest absolute Gasteiger partial charge is 0.409 e. The summed E-state index contributed by atoms with van der Waals surface area (Å²) in [5.41, 5.74) is -0.651. The molecule has 1 fully saturated rings. The van der Waals surface area contributed by atoms with Crippen LogP contribution in [0.25, 0.3) is 0 Å². The maximum absolute atomic E-state index is 14.3. The third-order valence-electron chi connectivity index (χ3n) is 2.70. The van der Waals surface area contributed by atoms with E-state index in [9.17, 15) is 9.18 Å². The lowest BCUT2D eigenvalue weighted by Gasteiger charge is -2.39. The molecule has 0 radical (unpaired) electrons. The number of amides is 1. The molecule has 1 amide bonds. The van der Waals surface area contributed by atoms with Gasteiger partial charge in [-0.15, -0.1) is 0 Å². The Labute approximate surface area is 77.5 Å². The first-order valence-electron chi connectivity index (χ1n) is 4.48. The fourth-order valence-corrected chi connectivity index (χ4v) is 1.81. The summed E-state index contributed by atoms with van der Waals surface area (Å²) in [6, 6.07) is 0. The first-order valence-corrected chi connectivity index (χ1v) is 4.48. The Morgan fingerprint density at radius 1 is 1.54 bits per heavy atom. The van der Waals surface area contributed by atoms with Crippen molar-refractivity contribution in [1.82, 2.24) is 4.90 Å². The first kappa shape index (κ1) is 10.3. The van der Waals surface area contributed by atoms with Gasteiger partial charge in [-0.1, -0.05) is 20.8 Å². The third kappa shape index (κ3) is 1.49. The van der Waals surface area contributed by atoms with Gasteiger partial charge < -0.3 is 5.11 Å². The summed E-state index contributed by atoms with van der Waals surface area (Å²) in [5.74, 6) is -1.70. The van der Waals surface area contributed by atoms with Gasteiger partial charge in [0.2, 0.25) is 0 Å². The van der Waals surface area contributed by atoms with Crippen molar-refractivity contribution in [2.24, 2.45) is 5.41 Å². The van der Waals surface area contributed by atoms with Crippen molar-refractivity contribution < 1.29 is 14.3 Å². The van der Waals surface area contributed by atoms with Gasteiger partial charge in [0.25, 0.3) is 0 Å². The number of alkyl halides is 1. The summed E-state index contributed by atoms with van der Waals surface area (Å²) >= 11 is 0. The Morgan fingerprint density at radius 3 is 2.38 bits per heavy atom. The molecule has 1 aliphatic rings. The van der Waals surface area contributed by atoms with Crippen molar-refractivity contribution in [2.75, 3.05) is 6.54 Å². The molecule has 0 aromatic rings. The van der Waals surface area contributed by atoms with Gasteiger partial charge in [0.15, 0.2) is 5.79 Å². The summed E-state index contributed by atoms with van der Waals surface area (Å²) in [6.45, 7) is 5.50. The largest absolute Gasteiger partial charge is 0.465 e. The van der Waals surface area contributed by atoms with Crippen molar-refractivity contribution in [1.29, 1.82) is 0 Å². The molecule has 0 aromatic carbocycles. The lowest BCUT2D eigenvalue weighted by molar-refractivity contribution is -0.0735. The van der Waals surface area contributed by atoms with Gasteiger partial charge in [-0.3, -0.25) is 4.90 Å². The van der Waals surface area contributed by atoms with Crippen LogP contribution >= 0.6 is 0 Å². The van der Waals surface area contributed by atoms with E-state index in [1.807, 2.05) is 0 Å². The van der Waals surface area contributed by atoms with Gasteiger partial charge in [-0.2, -0.15) is 0 Å². The van der Waals surface area contributed by atoms with Crippen LogP contribution < -0.4 is 0 Å². The number of rotatable bonds is 0. The summed E-state index contributed by atoms with van der Waals surface area (Å²) in [4.78, 5) is 11.7. The van der Waals surface area contributed by atoms with Gasteiger partial charge in [-0.25, -0.2) is 9.18 Å². The number of halogens is 1. The molecular formula is C9H16FNO2. The topological polar surface area (TPSA) is 40.5 Å². The minimum absolute atomic E-state index is 0.308. The Bertz CT molecular complexity index is 224. The van der Waals surface area contributed by atoms with Crippen LogP contribution in [0.3, 0.4) is 0 Å². The monoisotopic (exact) mass is 189 g/mol. The number of nitrogens with zero attached hydrogens (tertiary/aromatic N) is 1. The molecule has 1 N–H and O–H groups in total. The van der Waals surface area contributed by atoms with Crippen LogP contribution in [0.1, 0.15) is 33.6 Å². The highest BCUT2D eigenvalue weighted by atomic mass is 19.1. The summed E-state index contributed by atoms with van der Waals surface area (Å²) in [5, 5.41) is 8.80. The fraction of sp³-hybridized carbons (Fsp3) is 0.889. The quantitative estimate of drug-likeness (QED) is 0.595.